The number of fused-ring (bicyclic) bond motifs is 1. The van der Waals surface area contributed by atoms with Crippen LogP contribution in [0.4, 0.5) is 5.82 Å². The highest BCUT2D eigenvalue weighted by Crippen LogP contribution is 2.19. The van der Waals surface area contributed by atoms with Crippen molar-refractivity contribution in [3.63, 3.8) is 0 Å². The van der Waals surface area contributed by atoms with Gasteiger partial charge in [-0.25, -0.2) is 0 Å². The third kappa shape index (κ3) is 1.78. The summed E-state index contributed by atoms with van der Waals surface area (Å²) in [6.45, 7) is 5.00. The van der Waals surface area contributed by atoms with E-state index in [-0.39, 0.29) is 5.56 Å². The van der Waals surface area contributed by atoms with E-state index in [4.69, 9.17) is 0 Å². The van der Waals surface area contributed by atoms with Crippen molar-refractivity contribution in [3.8, 4) is 0 Å². The first-order valence-corrected chi connectivity index (χ1v) is 6.39. The molecule has 0 atom stereocenters. The van der Waals surface area contributed by atoms with Crippen molar-refractivity contribution in [1.82, 2.24) is 10.3 Å². The van der Waals surface area contributed by atoms with E-state index in [1.165, 1.54) is 0 Å². The van der Waals surface area contributed by atoms with Gasteiger partial charge >= 0.3 is 0 Å². The maximum atomic E-state index is 12.1. The fourth-order valence-electron chi connectivity index (χ4n) is 2.47. The molecule has 4 heteroatoms. The first-order valence-electron chi connectivity index (χ1n) is 6.39. The Morgan fingerprint density at radius 3 is 2.78 bits per heavy atom. The van der Waals surface area contributed by atoms with Crippen LogP contribution in [0.25, 0.3) is 10.8 Å². The van der Waals surface area contributed by atoms with Gasteiger partial charge in [0.1, 0.15) is 5.82 Å². The van der Waals surface area contributed by atoms with Gasteiger partial charge in [0.2, 0.25) is 0 Å². The van der Waals surface area contributed by atoms with Crippen molar-refractivity contribution in [2.24, 2.45) is 0 Å². The van der Waals surface area contributed by atoms with Gasteiger partial charge in [-0.05, 0) is 24.4 Å². The molecule has 1 aromatic heterocycles. The Kier molecular flexibility index (Phi) is 2.80. The number of nitrogens with zero attached hydrogens (tertiary/aromatic N) is 1. The van der Waals surface area contributed by atoms with Gasteiger partial charge in [0.25, 0.3) is 5.56 Å². The average Bonchev–Trinajstić information content (AvgIpc) is 2.33. The Morgan fingerprint density at radius 1 is 1.33 bits per heavy atom. The van der Waals surface area contributed by atoms with Gasteiger partial charge in [-0.3, -0.25) is 4.79 Å². The smallest absolute Gasteiger partial charge is 0.257 e. The molecule has 0 saturated carbocycles. The predicted molar refractivity (Wildman–Crippen MR) is 74.2 cm³/mol. The van der Waals surface area contributed by atoms with Crippen molar-refractivity contribution in [2.45, 2.75) is 13.0 Å². The second-order valence-corrected chi connectivity index (χ2v) is 4.67. The Hall–Kier alpha value is -1.81. The number of rotatable bonds is 3. The van der Waals surface area contributed by atoms with Crippen LogP contribution < -0.4 is 15.8 Å². The molecule has 1 aromatic carbocycles. The Labute approximate surface area is 106 Å². The molecule has 2 heterocycles. The number of pyridine rings is 1. The maximum Gasteiger partial charge on any atom is 0.257 e. The standard InChI is InChI=1S/C14H17N3O/c1-2-17(11-8-15-9-11)13-7-10-5-3-4-6-12(10)14(18)16-13/h3-7,11,15H,2,8-9H2,1H3,(H,16,18). The van der Waals surface area contributed by atoms with E-state index in [9.17, 15) is 4.79 Å². The summed E-state index contributed by atoms with van der Waals surface area (Å²) in [6, 6.07) is 10.3. The van der Waals surface area contributed by atoms with Crippen LogP contribution in [-0.2, 0) is 0 Å². The highest BCUT2D eigenvalue weighted by Gasteiger charge is 2.24. The molecule has 2 N–H and O–H groups in total. The van der Waals surface area contributed by atoms with E-state index in [2.05, 4.69) is 28.2 Å². The molecule has 18 heavy (non-hydrogen) atoms. The quantitative estimate of drug-likeness (QED) is 0.855. The summed E-state index contributed by atoms with van der Waals surface area (Å²) in [6.07, 6.45) is 0. The topological polar surface area (TPSA) is 48.1 Å². The van der Waals surface area contributed by atoms with Crippen LogP contribution in [0, 0.1) is 0 Å². The summed E-state index contributed by atoms with van der Waals surface area (Å²) in [5, 5.41) is 5.02. The lowest BCUT2D eigenvalue weighted by atomic mass is 10.1. The van der Waals surface area contributed by atoms with E-state index in [0.717, 1.165) is 36.2 Å². The molecule has 2 aromatic rings. The monoisotopic (exact) mass is 243 g/mol. The van der Waals surface area contributed by atoms with Crippen LogP contribution in [0.2, 0.25) is 0 Å². The SMILES string of the molecule is CCN(c1cc2ccccc2c(=O)[nH]1)C1CNC1. The third-order valence-corrected chi connectivity index (χ3v) is 3.59. The summed E-state index contributed by atoms with van der Waals surface area (Å²) < 4.78 is 0. The van der Waals surface area contributed by atoms with Gasteiger partial charge in [0.15, 0.2) is 0 Å². The summed E-state index contributed by atoms with van der Waals surface area (Å²) in [5.74, 6) is 0.924. The van der Waals surface area contributed by atoms with Crippen molar-refractivity contribution in [3.05, 3.63) is 40.7 Å². The van der Waals surface area contributed by atoms with Crippen molar-refractivity contribution in [2.75, 3.05) is 24.5 Å². The molecule has 1 saturated heterocycles. The largest absolute Gasteiger partial charge is 0.353 e. The van der Waals surface area contributed by atoms with Gasteiger partial charge in [0.05, 0.1) is 6.04 Å². The molecule has 0 radical (unpaired) electrons. The van der Waals surface area contributed by atoms with Gasteiger partial charge in [-0.2, -0.15) is 0 Å². The minimum Gasteiger partial charge on any atom is -0.353 e. The molecule has 0 aliphatic carbocycles. The van der Waals surface area contributed by atoms with Gasteiger partial charge in [-0.15, -0.1) is 0 Å². The Balaban J connectivity index is 2.08. The first-order chi connectivity index (χ1) is 8.79. The number of hydrogen-bond donors (Lipinski definition) is 2. The van der Waals surface area contributed by atoms with E-state index in [1.54, 1.807) is 0 Å². The van der Waals surface area contributed by atoms with E-state index in [1.807, 2.05) is 24.3 Å². The number of aromatic nitrogens is 1. The van der Waals surface area contributed by atoms with Crippen LogP contribution in [0.3, 0.4) is 0 Å². The molecule has 1 aliphatic rings. The highest BCUT2D eigenvalue weighted by atomic mass is 16.1. The maximum absolute atomic E-state index is 12.1. The summed E-state index contributed by atoms with van der Waals surface area (Å²) >= 11 is 0. The van der Waals surface area contributed by atoms with Crippen LogP contribution >= 0.6 is 0 Å². The van der Waals surface area contributed by atoms with Crippen molar-refractivity contribution in [1.29, 1.82) is 0 Å². The number of nitrogens with one attached hydrogen (secondary N) is 2. The fraction of sp³-hybridized carbons (Fsp3) is 0.357. The normalized spacial score (nSPS) is 15.6. The summed E-state index contributed by atoms with van der Waals surface area (Å²) in [7, 11) is 0. The van der Waals surface area contributed by atoms with E-state index in [0.29, 0.717) is 6.04 Å². The number of H-pyrrole nitrogens is 1. The predicted octanol–water partition coefficient (Wildman–Crippen LogP) is 1.33. The second-order valence-electron chi connectivity index (χ2n) is 4.67. The summed E-state index contributed by atoms with van der Waals surface area (Å²) in [4.78, 5) is 17.3. The molecular formula is C14H17N3O. The van der Waals surface area contributed by atoms with E-state index >= 15 is 0 Å². The highest BCUT2D eigenvalue weighted by molar-refractivity contribution is 5.83. The average molecular weight is 243 g/mol. The van der Waals surface area contributed by atoms with Gasteiger partial charge in [-0.1, -0.05) is 18.2 Å². The van der Waals surface area contributed by atoms with E-state index < -0.39 is 0 Å². The first kappa shape index (κ1) is 11.3. The molecular weight excluding hydrogens is 226 g/mol. The lowest BCUT2D eigenvalue weighted by Gasteiger charge is -2.38. The zero-order valence-corrected chi connectivity index (χ0v) is 10.4. The zero-order valence-electron chi connectivity index (χ0n) is 10.4. The molecule has 1 fully saturated rings. The molecule has 94 valence electrons. The van der Waals surface area contributed by atoms with Gasteiger partial charge in [0, 0.05) is 25.0 Å². The molecule has 1 aliphatic heterocycles. The van der Waals surface area contributed by atoms with Crippen LogP contribution in [0.1, 0.15) is 6.92 Å². The molecule has 0 amide bonds. The summed E-state index contributed by atoms with van der Waals surface area (Å²) in [5.41, 5.74) is -0.00571. The second kappa shape index (κ2) is 4.46. The number of benzene rings is 1. The number of hydrogen-bond acceptors (Lipinski definition) is 3. The molecule has 3 rings (SSSR count). The Bertz CT molecular complexity index is 616. The van der Waals surface area contributed by atoms with Crippen molar-refractivity contribution >= 4 is 16.6 Å². The Morgan fingerprint density at radius 2 is 2.11 bits per heavy atom. The fourth-order valence-corrected chi connectivity index (χ4v) is 2.47. The molecule has 0 bridgehead atoms. The van der Waals surface area contributed by atoms with Crippen LogP contribution in [0.15, 0.2) is 35.1 Å². The molecule has 0 unspecified atom stereocenters. The van der Waals surface area contributed by atoms with Crippen LogP contribution in [0.5, 0.6) is 0 Å². The number of anilines is 1. The minimum absolute atomic E-state index is 0.00571. The number of likely N-dealkylation sites (N-methyl/N-ethyl adjacent to an activating group) is 1. The lowest BCUT2D eigenvalue weighted by molar-refractivity contribution is 0.415. The zero-order chi connectivity index (χ0) is 12.5. The van der Waals surface area contributed by atoms with Crippen molar-refractivity contribution < 1.29 is 0 Å². The molecule has 4 nitrogen and oxygen atoms in total. The number of aromatic amines is 1. The molecule has 0 spiro atoms. The van der Waals surface area contributed by atoms with Crippen LogP contribution in [-0.4, -0.2) is 30.7 Å². The third-order valence-electron chi connectivity index (χ3n) is 3.59. The lowest BCUT2D eigenvalue weighted by Crippen LogP contribution is -2.57. The van der Waals surface area contributed by atoms with Gasteiger partial charge < -0.3 is 15.2 Å². The minimum atomic E-state index is -0.00571.